The van der Waals surface area contributed by atoms with Gasteiger partial charge in [0, 0.05) is 78.2 Å². The van der Waals surface area contributed by atoms with Crippen LogP contribution in [0.15, 0.2) is 73.3 Å². The maximum atomic E-state index is 13.4. The summed E-state index contributed by atoms with van der Waals surface area (Å²) >= 11 is 11.7. The van der Waals surface area contributed by atoms with E-state index in [2.05, 4.69) is 54.5 Å². The van der Waals surface area contributed by atoms with E-state index in [0.29, 0.717) is 64.5 Å². The molecule has 14 nitrogen and oxygen atoms in total. The van der Waals surface area contributed by atoms with Gasteiger partial charge in [-0.15, -0.1) is 0 Å². The van der Waals surface area contributed by atoms with Crippen LogP contribution >= 0.6 is 23.2 Å². The molecular formula is C44H44Cl2F2FeN10O4. The number of nitro benzene ring substituents is 1. The van der Waals surface area contributed by atoms with Gasteiger partial charge in [0.1, 0.15) is 41.7 Å². The molecule has 2 aromatic heterocycles. The monoisotopic (exact) mass is 940 g/mol. The van der Waals surface area contributed by atoms with Crippen LogP contribution < -0.4 is 25.8 Å². The van der Waals surface area contributed by atoms with E-state index < -0.39 is 16.6 Å². The zero-order valence-electron chi connectivity index (χ0n) is 34.3. The molecule has 0 spiro atoms. The molecule has 4 N–H and O–H groups in total. The van der Waals surface area contributed by atoms with Crippen molar-refractivity contribution >= 4 is 79.4 Å². The van der Waals surface area contributed by atoms with Crippen molar-refractivity contribution in [3.63, 3.8) is 0 Å². The number of anilines is 5. The van der Waals surface area contributed by atoms with E-state index in [0.717, 1.165) is 66.4 Å². The number of nitro groups is 1. The van der Waals surface area contributed by atoms with E-state index in [9.17, 15) is 18.9 Å². The quantitative estimate of drug-likeness (QED) is 0.0435. The summed E-state index contributed by atoms with van der Waals surface area (Å²) in [6.07, 6.45) is 4.77. The Labute approximate surface area is 382 Å². The number of ether oxygens (including phenoxy) is 2. The Morgan fingerprint density at radius 3 is 1.62 bits per heavy atom. The van der Waals surface area contributed by atoms with Crippen LogP contribution in [-0.2, 0) is 17.1 Å². The fourth-order valence-electron chi connectivity index (χ4n) is 9.36. The third kappa shape index (κ3) is 9.69. The standard InChI is InChI=1S/C22H21ClFN5O3.C22H23ClFN5O.Fe/c1-28-9-15-13(16(15)10-28)4-5-32-21-8-19-14(7-20(21)29(30)31)22(26-11-25-19)27-12-2-3-18(24)17(23)6-12;1-29-9-15-13(16(15)10-29)4-5-30-21-8-20-14(7-19(21)25)22(27-11-26-20)28-12-2-3-18(24)17(23)6-12;/h2-3,6-8,11,13,15-16H,4-5,9-10H2,1H3,(H,25,26,27);2-3,6-8,11,13,15-16H,4-5,9-10,25H2,1H3,(H,26,27,28);/t2*13?,15-,16+;. The van der Waals surface area contributed by atoms with Gasteiger partial charge in [-0.2, -0.15) is 0 Å². The van der Waals surface area contributed by atoms with Crippen molar-refractivity contribution in [2.75, 3.05) is 69.9 Å². The number of nitrogen functional groups attached to an aromatic ring is 1. The number of nitrogens with one attached hydrogen (secondary N) is 2. The van der Waals surface area contributed by atoms with Crippen molar-refractivity contribution in [2.24, 2.45) is 35.5 Å². The van der Waals surface area contributed by atoms with Crippen LogP contribution in [0.3, 0.4) is 0 Å². The molecule has 6 atom stereocenters. The van der Waals surface area contributed by atoms with Gasteiger partial charge in [-0.1, -0.05) is 23.2 Å². The van der Waals surface area contributed by atoms with Crippen molar-refractivity contribution in [1.82, 2.24) is 29.7 Å². The summed E-state index contributed by atoms with van der Waals surface area (Å²) in [4.78, 5) is 33.1. The molecule has 10 rings (SSSR count). The number of likely N-dealkylation sites (tertiary alicyclic amines) is 2. The smallest absolute Gasteiger partial charge is 0.311 e. The van der Waals surface area contributed by atoms with Crippen LogP contribution in [0.2, 0.25) is 10.0 Å². The molecule has 63 heavy (non-hydrogen) atoms. The molecule has 4 fully saturated rings. The first kappa shape index (κ1) is 44.4. The minimum atomic E-state index is -0.538. The first-order valence-electron chi connectivity index (χ1n) is 20.4. The molecule has 2 aliphatic heterocycles. The SMILES string of the molecule is CN1C[C@@H]2C(CCOc3cc4ncnc(Nc5ccc(F)c(Cl)c5)c4cc3N)[C@@H]2C1.CN1C[C@@H]2C(CCOc3cc4ncnc(Nc5ccc(F)c(Cl)c5)c4cc3[N+](=O)[O-])[C@@H]2C1.[Fe]. The zero-order valence-corrected chi connectivity index (χ0v) is 36.9. The van der Waals surface area contributed by atoms with Crippen LogP contribution in [0.5, 0.6) is 11.5 Å². The van der Waals surface area contributed by atoms with Gasteiger partial charge in [0.2, 0.25) is 0 Å². The third-order valence-corrected chi connectivity index (χ3v) is 13.1. The average molecular weight is 942 g/mol. The summed E-state index contributed by atoms with van der Waals surface area (Å²) in [5, 5.41) is 19.1. The molecule has 4 aromatic carbocycles. The first-order chi connectivity index (χ1) is 29.9. The Balaban J connectivity index is 0.000000170. The normalized spacial score (nSPS) is 22.1. The molecule has 2 aliphatic carbocycles. The molecule has 4 heterocycles. The predicted octanol–water partition coefficient (Wildman–Crippen LogP) is 8.97. The Morgan fingerprint density at radius 2 is 1.16 bits per heavy atom. The fraction of sp³-hybridized carbons (Fsp3) is 0.364. The summed E-state index contributed by atoms with van der Waals surface area (Å²) in [5.74, 6) is 5.32. The molecule has 0 bridgehead atoms. The Bertz CT molecular complexity index is 2670. The molecule has 2 unspecified atom stereocenters. The van der Waals surface area contributed by atoms with Crippen LogP contribution in [0, 0.1) is 57.3 Å². The zero-order chi connectivity index (χ0) is 43.2. The Hall–Kier alpha value is -5.16. The molecular weight excluding hydrogens is 897 g/mol. The van der Waals surface area contributed by atoms with Crippen LogP contribution in [0.25, 0.3) is 21.8 Å². The summed E-state index contributed by atoms with van der Waals surface area (Å²) in [6, 6.07) is 15.2. The number of piperidine rings is 2. The van der Waals surface area contributed by atoms with Crippen LogP contribution in [-0.4, -0.2) is 88.1 Å². The molecule has 0 amide bonds. The van der Waals surface area contributed by atoms with E-state index in [1.807, 2.05) is 6.07 Å². The van der Waals surface area contributed by atoms with E-state index >= 15 is 0 Å². The van der Waals surface area contributed by atoms with Crippen molar-refractivity contribution in [3.05, 3.63) is 105 Å². The number of nitrogens with zero attached hydrogens (tertiary/aromatic N) is 7. The number of rotatable bonds is 13. The Morgan fingerprint density at radius 1 is 0.714 bits per heavy atom. The van der Waals surface area contributed by atoms with Gasteiger partial charge in [-0.25, -0.2) is 28.7 Å². The number of hydrogen-bond donors (Lipinski definition) is 3. The maximum Gasteiger partial charge on any atom is 0.311 e. The summed E-state index contributed by atoms with van der Waals surface area (Å²) < 4.78 is 38.7. The second-order valence-corrected chi connectivity index (χ2v) is 17.5. The summed E-state index contributed by atoms with van der Waals surface area (Å²) in [6.45, 7) is 5.74. The average Bonchev–Trinajstić information content (AvgIpc) is 3.91. The largest absolute Gasteiger partial charge is 0.491 e. The third-order valence-electron chi connectivity index (χ3n) is 12.6. The molecule has 2 saturated heterocycles. The van der Waals surface area contributed by atoms with Crippen molar-refractivity contribution in [1.29, 1.82) is 0 Å². The number of halogens is 4. The summed E-state index contributed by atoms with van der Waals surface area (Å²) in [5.41, 5.74) is 8.98. The van der Waals surface area contributed by atoms with Gasteiger partial charge in [-0.3, -0.25) is 10.1 Å². The molecule has 330 valence electrons. The van der Waals surface area contributed by atoms with E-state index in [4.69, 9.17) is 38.4 Å². The summed E-state index contributed by atoms with van der Waals surface area (Å²) in [7, 11) is 4.32. The molecule has 2 saturated carbocycles. The van der Waals surface area contributed by atoms with E-state index in [-0.39, 0.29) is 38.6 Å². The number of benzene rings is 4. The van der Waals surface area contributed by atoms with E-state index in [1.165, 1.54) is 62.1 Å². The minimum Gasteiger partial charge on any atom is -0.491 e. The van der Waals surface area contributed by atoms with Crippen molar-refractivity contribution < 1.29 is 40.2 Å². The first-order valence-corrected chi connectivity index (χ1v) is 21.2. The number of aromatic nitrogens is 4. The number of nitrogens with two attached hydrogens (primary N) is 1. The van der Waals surface area contributed by atoms with Gasteiger partial charge in [0.25, 0.3) is 0 Å². The molecule has 4 aliphatic rings. The number of hydrogen-bond acceptors (Lipinski definition) is 13. The van der Waals surface area contributed by atoms with Gasteiger partial charge in [0.15, 0.2) is 5.75 Å². The second kappa shape index (κ2) is 18.5. The van der Waals surface area contributed by atoms with Gasteiger partial charge < -0.3 is 35.6 Å². The molecule has 0 radical (unpaired) electrons. The van der Waals surface area contributed by atoms with Crippen LogP contribution in [0.4, 0.5) is 43.2 Å². The topological polar surface area (TPSA) is 170 Å². The van der Waals surface area contributed by atoms with E-state index in [1.54, 1.807) is 18.2 Å². The second-order valence-electron chi connectivity index (χ2n) is 16.7. The van der Waals surface area contributed by atoms with Crippen molar-refractivity contribution in [2.45, 2.75) is 12.8 Å². The van der Waals surface area contributed by atoms with Crippen molar-refractivity contribution in [3.8, 4) is 11.5 Å². The van der Waals surface area contributed by atoms with Gasteiger partial charge in [-0.05, 0) is 105 Å². The Kier molecular flexibility index (Phi) is 13.1. The fourth-order valence-corrected chi connectivity index (χ4v) is 9.72. The number of fused-ring (bicyclic) bond motifs is 4. The maximum absolute atomic E-state index is 13.4. The minimum absolute atomic E-state index is 0. The van der Waals surface area contributed by atoms with Gasteiger partial charge >= 0.3 is 5.69 Å². The predicted molar refractivity (Wildman–Crippen MR) is 236 cm³/mol. The van der Waals surface area contributed by atoms with Gasteiger partial charge in [0.05, 0.1) is 50.3 Å². The molecule has 6 aromatic rings. The molecule has 19 heteroatoms. The van der Waals surface area contributed by atoms with Crippen LogP contribution in [0.1, 0.15) is 12.8 Å².